The van der Waals surface area contributed by atoms with Crippen molar-refractivity contribution in [2.45, 2.75) is 24.9 Å². The number of fused-ring (bicyclic) bond motifs is 2. The summed E-state index contributed by atoms with van der Waals surface area (Å²) in [4.78, 5) is 2.32. The molecule has 0 saturated carbocycles. The van der Waals surface area contributed by atoms with Gasteiger partial charge >= 0.3 is 0 Å². The highest BCUT2D eigenvalue weighted by atomic mass is 16.5. The van der Waals surface area contributed by atoms with Crippen molar-refractivity contribution in [1.29, 1.82) is 0 Å². The molecule has 3 rings (SSSR count). The molecule has 1 spiro atoms. The first-order valence-corrected chi connectivity index (χ1v) is 6.42. The van der Waals surface area contributed by atoms with Crippen LogP contribution in [0, 0.1) is 0 Å². The molecular weight excluding hydrogens is 230 g/mol. The normalized spacial score (nSPS) is 22.9. The lowest BCUT2D eigenvalue weighted by Gasteiger charge is -2.44. The molecule has 98 valence electrons. The summed E-state index contributed by atoms with van der Waals surface area (Å²) in [5, 5.41) is 19.3. The van der Waals surface area contributed by atoms with Crippen LogP contribution in [0.25, 0.3) is 0 Å². The minimum atomic E-state index is -0.0534. The predicted octanol–water partition coefficient (Wildman–Crippen LogP) is 1.59. The second kappa shape index (κ2) is 4.14. The Hall–Kier alpha value is -1.26. The van der Waals surface area contributed by atoms with E-state index in [0.717, 1.165) is 43.7 Å². The van der Waals surface area contributed by atoms with Gasteiger partial charge in [0.15, 0.2) is 11.5 Å². The van der Waals surface area contributed by atoms with Crippen LogP contribution in [0.5, 0.6) is 11.5 Å². The Morgan fingerprint density at radius 2 is 1.83 bits per heavy atom. The number of likely N-dealkylation sites (tertiary alicyclic amines) is 1. The Bertz CT molecular complexity index is 464. The average molecular weight is 249 g/mol. The SMILES string of the molecule is CN1CCC2(CC1)COCc1cc(O)c(O)cc12. The van der Waals surface area contributed by atoms with Gasteiger partial charge in [0.2, 0.25) is 0 Å². The van der Waals surface area contributed by atoms with Crippen LogP contribution in [0.15, 0.2) is 12.1 Å². The van der Waals surface area contributed by atoms with Crippen molar-refractivity contribution in [1.82, 2.24) is 4.90 Å². The standard InChI is InChI=1S/C14H19NO3/c1-15-4-2-14(3-5-15)9-18-8-10-6-12(16)13(17)7-11(10)14/h6-7,16-17H,2-5,8-9H2,1H3. The number of hydrogen-bond acceptors (Lipinski definition) is 4. The highest BCUT2D eigenvalue weighted by Gasteiger charge is 2.40. The Balaban J connectivity index is 2.03. The van der Waals surface area contributed by atoms with Gasteiger partial charge in [-0.15, -0.1) is 0 Å². The smallest absolute Gasteiger partial charge is 0.157 e. The third-order valence-corrected chi connectivity index (χ3v) is 4.35. The molecule has 0 aliphatic carbocycles. The molecule has 1 aromatic carbocycles. The minimum Gasteiger partial charge on any atom is -0.504 e. The van der Waals surface area contributed by atoms with Gasteiger partial charge in [0.25, 0.3) is 0 Å². The molecule has 4 heteroatoms. The van der Waals surface area contributed by atoms with Crippen LogP contribution in [-0.4, -0.2) is 41.9 Å². The number of hydrogen-bond donors (Lipinski definition) is 2. The molecule has 18 heavy (non-hydrogen) atoms. The maximum atomic E-state index is 9.74. The second-order valence-corrected chi connectivity index (χ2v) is 5.57. The van der Waals surface area contributed by atoms with Crippen LogP contribution in [0.4, 0.5) is 0 Å². The van der Waals surface area contributed by atoms with Gasteiger partial charge in [0.05, 0.1) is 13.2 Å². The molecule has 0 atom stereocenters. The molecule has 4 nitrogen and oxygen atoms in total. The summed E-state index contributed by atoms with van der Waals surface area (Å²) in [7, 11) is 2.13. The number of ether oxygens (including phenoxy) is 1. The fraction of sp³-hybridized carbons (Fsp3) is 0.571. The van der Waals surface area contributed by atoms with E-state index in [-0.39, 0.29) is 16.9 Å². The summed E-state index contributed by atoms with van der Waals surface area (Å²) in [6, 6.07) is 3.38. The van der Waals surface area contributed by atoms with Crippen molar-refractivity contribution in [3.8, 4) is 11.5 Å². The van der Waals surface area contributed by atoms with Crippen LogP contribution >= 0.6 is 0 Å². The first kappa shape index (κ1) is 11.8. The van der Waals surface area contributed by atoms with E-state index in [2.05, 4.69) is 11.9 Å². The lowest BCUT2D eigenvalue weighted by atomic mass is 9.70. The third-order valence-electron chi connectivity index (χ3n) is 4.35. The fourth-order valence-corrected chi connectivity index (χ4v) is 3.13. The maximum absolute atomic E-state index is 9.74. The molecule has 1 saturated heterocycles. The summed E-state index contributed by atoms with van der Waals surface area (Å²) < 4.78 is 5.71. The van der Waals surface area contributed by atoms with Crippen molar-refractivity contribution in [2.24, 2.45) is 0 Å². The highest BCUT2D eigenvalue weighted by molar-refractivity contribution is 5.49. The number of piperidine rings is 1. The third kappa shape index (κ3) is 1.76. The molecule has 0 aromatic heterocycles. The molecule has 0 radical (unpaired) electrons. The van der Waals surface area contributed by atoms with Gasteiger partial charge in [-0.25, -0.2) is 0 Å². The van der Waals surface area contributed by atoms with E-state index in [1.165, 1.54) is 0 Å². The van der Waals surface area contributed by atoms with Crippen LogP contribution in [0.1, 0.15) is 24.0 Å². The number of nitrogens with zero attached hydrogens (tertiary/aromatic N) is 1. The van der Waals surface area contributed by atoms with Crippen LogP contribution in [0.2, 0.25) is 0 Å². The van der Waals surface area contributed by atoms with Gasteiger partial charge in [-0.3, -0.25) is 0 Å². The van der Waals surface area contributed by atoms with Gasteiger partial charge in [-0.1, -0.05) is 0 Å². The van der Waals surface area contributed by atoms with E-state index in [9.17, 15) is 10.2 Å². The molecule has 2 aliphatic rings. The fourth-order valence-electron chi connectivity index (χ4n) is 3.13. The monoisotopic (exact) mass is 249 g/mol. The van der Waals surface area contributed by atoms with Crippen LogP contribution in [0.3, 0.4) is 0 Å². The molecule has 2 N–H and O–H groups in total. The molecular formula is C14H19NO3. The number of phenolic OH excluding ortho intramolecular Hbond substituents is 2. The lowest BCUT2D eigenvalue weighted by Crippen LogP contribution is -2.46. The Morgan fingerprint density at radius 1 is 1.17 bits per heavy atom. The van der Waals surface area contributed by atoms with Gasteiger partial charge in [-0.05, 0) is 56.2 Å². The van der Waals surface area contributed by atoms with Crippen LogP contribution in [-0.2, 0) is 16.8 Å². The minimum absolute atomic E-state index is 0.0191. The Labute approximate surface area is 107 Å². The van der Waals surface area contributed by atoms with Gasteiger partial charge < -0.3 is 19.8 Å². The molecule has 0 bridgehead atoms. The number of rotatable bonds is 0. The van der Waals surface area contributed by atoms with Gasteiger partial charge in [-0.2, -0.15) is 0 Å². The first-order valence-electron chi connectivity index (χ1n) is 6.42. The van der Waals surface area contributed by atoms with Gasteiger partial charge in [0, 0.05) is 5.41 Å². The summed E-state index contributed by atoms with van der Waals surface area (Å²) in [6.07, 6.45) is 2.08. The number of benzene rings is 1. The zero-order valence-corrected chi connectivity index (χ0v) is 10.6. The summed E-state index contributed by atoms with van der Waals surface area (Å²) in [5.41, 5.74) is 2.20. The topological polar surface area (TPSA) is 52.9 Å². The van der Waals surface area contributed by atoms with E-state index in [1.807, 2.05) is 0 Å². The first-order chi connectivity index (χ1) is 8.61. The van der Waals surface area contributed by atoms with E-state index in [4.69, 9.17) is 4.74 Å². The Morgan fingerprint density at radius 3 is 2.56 bits per heavy atom. The summed E-state index contributed by atoms with van der Waals surface area (Å²) >= 11 is 0. The largest absolute Gasteiger partial charge is 0.504 e. The highest BCUT2D eigenvalue weighted by Crippen LogP contribution is 2.44. The summed E-state index contributed by atoms with van der Waals surface area (Å²) in [5.74, 6) is -0.0729. The molecule has 2 heterocycles. The lowest BCUT2D eigenvalue weighted by molar-refractivity contribution is 0.0224. The molecule has 1 aromatic rings. The van der Waals surface area contributed by atoms with Crippen molar-refractivity contribution >= 4 is 0 Å². The molecule has 2 aliphatic heterocycles. The van der Waals surface area contributed by atoms with Crippen molar-refractivity contribution in [3.63, 3.8) is 0 Å². The van der Waals surface area contributed by atoms with Crippen LogP contribution < -0.4 is 0 Å². The quantitative estimate of drug-likeness (QED) is 0.686. The van der Waals surface area contributed by atoms with E-state index in [1.54, 1.807) is 12.1 Å². The Kier molecular flexibility index (Phi) is 2.72. The van der Waals surface area contributed by atoms with E-state index >= 15 is 0 Å². The van der Waals surface area contributed by atoms with Crippen molar-refractivity contribution in [3.05, 3.63) is 23.3 Å². The van der Waals surface area contributed by atoms with Gasteiger partial charge in [0.1, 0.15) is 0 Å². The number of aromatic hydroxyl groups is 2. The van der Waals surface area contributed by atoms with E-state index in [0.29, 0.717) is 6.61 Å². The molecule has 0 amide bonds. The second-order valence-electron chi connectivity index (χ2n) is 5.57. The molecule has 0 unspecified atom stereocenters. The van der Waals surface area contributed by atoms with E-state index < -0.39 is 0 Å². The van der Waals surface area contributed by atoms with Crippen molar-refractivity contribution in [2.75, 3.05) is 26.7 Å². The zero-order valence-electron chi connectivity index (χ0n) is 10.6. The predicted molar refractivity (Wildman–Crippen MR) is 67.8 cm³/mol. The average Bonchev–Trinajstić information content (AvgIpc) is 2.36. The van der Waals surface area contributed by atoms with Crippen molar-refractivity contribution < 1.29 is 14.9 Å². The number of phenols is 2. The molecule has 1 fully saturated rings. The maximum Gasteiger partial charge on any atom is 0.157 e. The summed E-state index contributed by atoms with van der Waals surface area (Å²) in [6.45, 7) is 3.34. The zero-order chi connectivity index (χ0) is 12.8.